The Bertz CT molecular complexity index is 1930. The molecule has 246 valence electrons. The number of halogens is 1. The Morgan fingerprint density at radius 1 is 0.875 bits per heavy atom. The van der Waals surface area contributed by atoms with Gasteiger partial charge in [0.05, 0.1) is 5.56 Å². The van der Waals surface area contributed by atoms with Crippen molar-refractivity contribution in [2.75, 3.05) is 10.6 Å². The first-order valence-electron chi connectivity index (χ1n) is 15.0. The molecule has 12 heteroatoms. The Labute approximate surface area is 276 Å². The molecule has 0 aliphatic rings. The fourth-order valence-electron chi connectivity index (χ4n) is 4.72. The molecule has 4 N–H and O–H groups in total. The van der Waals surface area contributed by atoms with Crippen LogP contribution in [-0.2, 0) is 16.0 Å². The molecular weight excluding hydrogens is 617 g/mol. The number of hydrogen-bond acceptors (Lipinski definition) is 7. The van der Waals surface area contributed by atoms with Gasteiger partial charge >= 0.3 is 18.1 Å². The summed E-state index contributed by atoms with van der Waals surface area (Å²) in [6.07, 6.45) is -0.771. The number of carboxylic acid groups (broad SMARTS) is 1. The molecule has 0 saturated carbocycles. The summed E-state index contributed by atoms with van der Waals surface area (Å²) in [6, 6.07) is 23.8. The molecule has 1 aromatic heterocycles. The number of nitrogens with zero attached hydrogens (tertiary/aromatic N) is 2. The van der Waals surface area contributed by atoms with Gasteiger partial charge in [0.15, 0.2) is 0 Å². The van der Waals surface area contributed by atoms with Crippen LogP contribution in [0.1, 0.15) is 31.9 Å². The summed E-state index contributed by atoms with van der Waals surface area (Å²) in [4.78, 5) is 41.0. The number of nitrogens with one attached hydrogen (secondary N) is 3. The number of aliphatic carboxylic acids is 1. The van der Waals surface area contributed by atoms with Gasteiger partial charge in [-0.25, -0.2) is 18.8 Å². The van der Waals surface area contributed by atoms with Crippen LogP contribution < -0.4 is 16.0 Å². The maximum atomic E-state index is 15.2. The lowest BCUT2D eigenvalue weighted by atomic mass is 10.0. The van der Waals surface area contributed by atoms with Crippen LogP contribution in [0, 0.1) is 12.7 Å². The van der Waals surface area contributed by atoms with E-state index < -0.39 is 35.6 Å². The highest BCUT2D eigenvalue weighted by molar-refractivity contribution is 5.93. The average Bonchev–Trinajstić information content (AvgIpc) is 3.51. The van der Waals surface area contributed by atoms with Gasteiger partial charge in [0.2, 0.25) is 5.82 Å². The lowest BCUT2D eigenvalue weighted by molar-refractivity contribution is -0.139. The summed E-state index contributed by atoms with van der Waals surface area (Å²) in [7, 11) is 0. The molecule has 1 unspecified atom stereocenters. The number of amides is 3. The predicted molar refractivity (Wildman–Crippen MR) is 179 cm³/mol. The Hall–Kier alpha value is -6.04. The van der Waals surface area contributed by atoms with Crippen LogP contribution in [-0.4, -0.2) is 45.0 Å². The molecule has 5 aromatic rings. The number of carbonyl (C=O) groups is 3. The minimum absolute atomic E-state index is 0.00911. The zero-order valence-corrected chi connectivity index (χ0v) is 26.7. The number of hydrogen-bond donors (Lipinski definition) is 4. The number of benzene rings is 4. The zero-order chi connectivity index (χ0) is 34.4. The quantitative estimate of drug-likeness (QED) is 0.126. The van der Waals surface area contributed by atoms with E-state index in [0.29, 0.717) is 22.5 Å². The number of carbonyl (C=O) groups excluding carboxylic acids is 2. The van der Waals surface area contributed by atoms with Crippen molar-refractivity contribution in [1.82, 2.24) is 15.5 Å². The maximum Gasteiger partial charge on any atom is 0.412 e. The highest BCUT2D eigenvalue weighted by Crippen LogP contribution is 2.27. The summed E-state index contributed by atoms with van der Waals surface area (Å²) in [5.74, 6) is -1.86. The van der Waals surface area contributed by atoms with Gasteiger partial charge in [-0.2, -0.15) is 4.98 Å². The van der Waals surface area contributed by atoms with Gasteiger partial charge in [-0.15, -0.1) is 0 Å². The van der Waals surface area contributed by atoms with E-state index in [1.165, 1.54) is 18.2 Å². The van der Waals surface area contributed by atoms with Crippen LogP contribution in [0.5, 0.6) is 0 Å². The second-order valence-electron chi connectivity index (χ2n) is 12.1. The lowest BCUT2D eigenvalue weighted by Gasteiger charge is -2.19. The Balaban J connectivity index is 1.21. The fraction of sp³-hybridized carbons (Fsp3) is 0.194. The number of aromatic nitrogens is 2. The van der Waals surface area contributed by atoms with Gasteiger partial charge in [-0.1, -0.05) is 53.2 Å². The van der Waals surface area contributed by atoms with Gasteiger partial charge in [0.1, 0.15) is 17.5 Å². The van der Waals surface area contributed by atoms with Crippen LogP contribution in [0.4, 0.5) is 25.4 Å². The molecule has 0 radical (unpaired) electrons. The van der Waals surface area contributed by atoms with E-state index in [1.807, 2.05) is 37.3 Å². The van der Waals surface area contributed by atoms with Gasteiger partial charge in [0, 0.05) is 23.4 Å². The molecule has 48 heavy (non-hydrogen) atoms. The molecule has 0 bridgehead atoms. The average molecular weight is 652 g/mol. The third kappa shape index (κ3) is 8.81. The topological polar surface area (TPSA) is 156 Å². The van der Waals surface area contributed by atoms with Crippen molar-refractivity contribution in [1.29, 1.82) is 0 Å². The molecule has 0 fully saturated rings. The summed E-state index contributed by atoms with van der Waals surface area (Å²) in [5.41, 5.74) is 4.24. The van der Waals surface area contributed by atoms with E-state index in [-0.39, 0.29) is 23.7 Å². The van der Waals surface area contributed by atoms with Crippen LogP contribution in [0.2, 0.25) is 0 Å². The normalized spacial score (nSPS) is 11.8. The summed E-state index contributed by atoms with van der Waals surface area (Å²) >= 11 is 0. The fourth-order valence-corrected chi connectivity index (χ4v) is 4.72. The molecule has 0 aliphatic heterocycles. The predicted octanol–water partition coefficient (Wildman–Crippen LogP) is 7.68. The van der Waals surface area contributed by atoms with Crippen molar-refractivity contribution in [2.45, 2.75) is 45.8 Å². The van der Waals surface area contributed by atoms with Crippen LogP contribution in [0.25, 0.3) is 34.0 Å². The van der Waals surface area contributed by atoms with E-state index in [1.54, 1.807) is 63.2 Å². The maximum absolute atomic E-state index is 15.2. The summed E-state index contributed by atoms with van der Waals surface area (Å²) in [5, 5.41) is 21.4. The van der Waals surface area contributed by atoms with Crippen LogP contribution in [0.3, 0.4) is 0 Å². The van der Waals surface area contributed by atoms with E-state index in [2.05, 4.69) is 26.1 Å². The number of anilines is 2. The molecule has 0 aliphatic carbocycles. The smallest absolute Gasteiger partial charge is 0.412 e. The molecule has 5 rings (SSSR count). The first-order chi connectivity index (χ1) is 22.8. The van der Waals surface area contributed by atoms with E-state index in [0.717, 1.165) is 16.7 Å². The second kappa shape index (κ2) is 14.2. The molecule has 4 aromatic carbocycles. The highest BCUT2D eigenvalue weighted by atomic mass is 19.1. The molecule has 1 atom stereocenters. The third-order valence-electron chi connectivity index (χ3n) is 7.03. The van der Waals surface area contributed by atoms with Gasteiger partial charge in [-0.3, -0.25) is 5.32 Å². The molecule has 3 amide bonds. The highest BCUT2D eigenvalue weighted by Gasteiger charge is 2.22. The minimum Gasteiger partial charge on any atom is -0.480 e. The molecule has 0 saturated heterocycles. The SMILES string of the molecule is Cc1ccc(-c2cccc(NC(=O)NC(Cc3ccc(-c4noc(-c5ccc(NC(=O)OC(C)(C)C)cc5)n4)c(F)c3)C(=O)O)c2)cc1. The zero-order valence-electron chi connectivity index (χ0n) is 26.7. The largest absolute Gasteiger partial charge is 0.480 e. The van der Waals surface area contributed by atoms with Crippen LogP contribution in [0.15, 0.2) is 95.5 Å². The Morgan fingerprint density at radius 3 is 2.25 bits per heavy atom. The molecule has 11 nitrogen and oxygen atoms in total. The minimum atomic E-state index is -1.33. The van der Waals surface area contributed by atoms with Crippen molar-refractivity contribution >= 4 is 29.5 Å². The number of aryl methyl sites for hydroxylation is 1. The molecule has 1 heterocycles. The standard InChI is InChI=1S/C36H34FN5O6/c1-21-8-11-23(12-9-21)25-6-5-7-27(20-25)38-34(45)40-30(33(43)44)19-22-10-17-28(29(37)18-22)31-41-32(48-42-31)24-13-15-26(16-14-24)39-35(46)47-36(2,3)4/h5-18,20,30H,19H2,1-4H3,(H,39,46)(H,43,44)(H2,38,40,45). The first kappa shape index (κ1) is 33.3. The number of carboxylic acids is 1. The number of ether oxygens (including phenoxy) is 1. The lowest BCUT2D eigenvalue weighted by Crippen LogP contribution is -2.44. The second-order valence-corrected chi connectivity index (χ2v) is 12.1. The van der Waals surface area contributed by atoms with Crippen molar-refractivity contribution in [3.05, 3.63) is 108 Å². The summed E-state index contributed by atoms with van der Waals surface area (Å²) in [6.45, 7) is 7.28. The Morgan fingerprint density at radius 2 is 1.58 bits per heavy atom. The van der Waals surface area contributed by atoms with Crippen molar-refractivity contribution < 1.29 is 33.1 Å². The summed E-state index contributed by atoms with van der Waals surface area (Å²) < 4.78 is 25.8. The van der Waals surface area contributed by atoms with E-state index in [4.69, 9.17) is 9.26 Å². The molecule has 0 spiro atoms. The van der Waals surface area contributed by atoms with Gasteiger partial charge in [-0.05, 0) is 92.9 Å². The Kier molecular flexibility index (Phi) is 9.83. The van der Waals surface area contributed by atoms with Crippen LogP contribution >= 0.6 is 0 Å². The van der Waals surface area contributed by atoms with E-state index in [9.17, 15) is 19.5 Å². The van der Waals surface area contributed by atoms with Gasteiger partial charge in [0.25, 0.3) is 5.89 Å². The number of urea groups is 1. The first-order valence-corrected chi connectivity index (χ1v) is 15.0. The van der Waals surface area contributed by atoms with Crippen molar-refractivity contribution in [2.24, 2.45) is 0 Å². The molecular formula is C36H34FN5O6. The van der Waals surface area contributed by atoms with Gasteiger partial charge < -0.3 is 25.0 Å². The third-order valence-corrected chi connectivity index (χ3v) is 7.03. The van der Waals surface area contributed by atoms with Crippen molar-refractivity contribution in [3.8, 4) is 34.0 Å². The monoisotopic (exact) mass is 651 g/mol. The van der Waals surface area contributed by atoms with Crippen molar-refractivity contribution in [3.63, 3.8) is 0 Å². The van der Waals surface area contributed by atoms with E-state index >= 15 is 4.39 Å². The number of rotatable bonds is 9.